The van der Waals surface area contributed by atoms with Crippen LogP contribution in [0.3, 0.4) is 0 Å². The maximum absolute atomic E-state index is 12.6. The van der Waals surface area contributed by atoms with Gasteiger partial charge in [-0.25, -0.2) is 4.99 Å². The molecule has 1 saturated heterocycles. The first-order valence-corrected chi connectivity index (χ1v) is 9.52. The molecule has 3 N–H and O–H groups in total. The van der Waals surface area contributed by atoms with Gasteiger partial charge in [-0.05, 0) is 37.1 Å². The number of nitrogens with one attached hydrogen (secondary N) is 1. The van der Waals surface area contributed by atoms with Crippen LogP contribution in [0.25, 0.3) is 0 Å². The van der Waals surface area contributed by atoms with Gasteiger partial charge >= 0.3 is 6.36 Å². The predicted molar refractivity (Wildman–Crippen MR) is 123 cm³/mol. The maximum Gasteiger partial charge on any atom is 0.573 e. The molecule has 1 heterocycles. The molecule has 1 atom stereocenters. The van der Waals surface area contributed by atoms with Gasteiger partial charge in [0.2, 0.25) is 0 Å². The first kappa shape index (κ1) is 25.1. The minimum atomic E-state index is -4.80. The topological polar surface area (TPSA) is 78.1 Å². The van der Waals surface area contributed by atoms with Crippen molar-refractivity contribution in [3.8, 4) is 11.5 Å². The number of hydrogen-bond donors (Lipinski definition) is 2. The quantitative estimate of drug-likeness (QED) is 0.292. The van der Waals surface area contributed by atoms with E-state index in [4.69, 9.17) is 15.2 Å². The van der Waals surface area contributed by atoms with Crippen LogP contribution in [0.2, 0.25) is 0 Å². The Bertz CT molecular complexity index is 888. The zero-order valence-electron chi connectivity index (χ0n) is 16.9. The minimum absolute atomic E-state index is 0. The summed E-state index contributed by atoms with van der Waals surface area (Å²) in [6.07, 6.45) is -3.84. The van der Waals surface area contributed by atoms with Crippen molar-refractivity contribution < 1.29 is 27.4 Å². The van der Waals surface area contributed by atoms with E-state index in [1.165, 1.54) is 18.2 Å². The summed E-state index contributed by atoms with van der Waals surface area (Å²) in [4.78, 5) is 4.24. The zero-order chi connectivity index (χ0) is 21.6. The minimum Gasteiger partial charge on any atom is -0.493 e. The molecule has 3 rings (SSSR count). The Balaban J connectivity index is 0.00000341. The molecule has 0 bridgehead atoms. The highest BCUT2D eigenvalue weighted by Crippen LogP contribution is 2.30. The highest BCUT2D eigenvalue weighted by molar-refractivity contribution is 14.0. The fourth-order valence-electron chi connectivity index (χ4n) is 2.98. The van der Waals surface area contributed by atoms with Crippen molar-refractivity contribution in [2.24, 2.45) is 16.6 Å². The smallest absolute Gasteiger partial charge is 0.493 e. The lowest BCUT2D eigenvalue weighted by atomic mass is 10.1. The number of halogens is 4. The summed E-state index contributed by atoms with van der Waals surface area (Å²) in [6, 6.07) is 11.4. The van der Waals surface area contributed by atoms with E-state index in [-0.39, 0.29) is 47.9 Å². The molecule has 0 aromatic heterocycles. The summed E-state index contributed by atoms with van der Waals surface area (Å²) in [5.74, 6) is 0.642. The van der Waals surface area contributed by atoms with Gasteiger partial charge < -0.3 is 25.3 Å². The van der Waals surface area contributed by atoms with Gasteiger partial charge in [-0.1, -0.05) is 24.3 Å². The molecule has 2 aromatic rings. The number of benzene rings is 2. The lowest BCUT2D eigenvalue weighted by Gasteiger charge is -2.15. The Hall–Kier alpha value is -2.21. The number of guanidine groups is 1. The molecular weight excluding hydrogens is 526 g/mol. The Labute approximate surface area is 196 Å². The van der Waals surface area contributed by atoms with Gasteiger partial charge in [-0.3, -0.25) is 0 Å². The van der Waals surface area contributed by atoms with E-state index < -0.39 is 6.36 Å². The van der Waals surface area contributed by atoms with E-state index in [1.54, 1.807) is 6.07 Å². The molecule has 6 nitrogen and oxygen atoms in total. The van der Waals surface area contributed by atoms with Crippen LogP contribution in [0.15, 0.2) is 47.5 Å². The molecule has 31 heavy (non-hydrogen) atoms. The summed E-state index contributed by atoms with van der Waals surface area (Å²) >= 11 is 0. The van der Waals surface area contributed by atoms with Crippen molar-refractivity contribution in [1.29, 1.82) is 0 Å². The number of nitrogens with zero attached hydrogens (tertiary/aromatic N) is 1. The van der Waals surface area contributed by atoms with E-state index in [9.17, 15) is 13.2 Å². The molecule has 1 aliphatic rings. The second kappa shape index (κ2) is 11.4. The van der Waals surface area contributed by atoms with E-state index >= 15 is 0 Å². The van der Waals surface area contributed by atoms with Gasteiger partial charge in [-0.2, -0.15) is 0 Å². The molecule has 170 valence electrons. The van der Waals surface area contributed by atoms with Crippen molar-refractivity contribution in [1.82, 2.24) is 0 Å². The summed E-state index contributed by atoms with van der Waals surface area (Å²) in [5.41, 5.74) is 7.82. The van der Waals surface area contributed by atoms with Gasteiger partial charge in [0.1, 0.15) is 5.75 Å². The average Bonchev–Trinajstić information content (AvgIpc) is 3.19. The lowest BCUT2D eigenvalue weighted by Crippen LogP contribution is -2.24. The third-order valence-corrected chi connectivity index (χ3v) is 4.52. The van der Waals surface area contributed by atoms with Gasteiger partial charge in [0.25, 0.3) is 0 Å². The number of ether oxygens (including phenoxy) is 3. The van der Waals surface area contributed by atoms with Crippen molar-refractivity contribution in [2.75, 3.05) is 25.1 Å². The number of hydrogen-bond acceptors (Lipinski definition) is 4. The normalized spacial score (nSPS) is 16.5. The number of para-hydroxylation sites is 2. The lowest BCUT2D eigenvalue weighted by molar-refractivity contribution is -0.274. The molecule has 0 aliphatic carbocycles. The largest absolute Gasteiger partial charge is 0.573 e. The van der Waals surface area contributed by atoms with E-state index in [2.05, 4.69) is 15.0 Å². The van der Waals surface area contributed by atoms with Gasteiger partial charge in [0.15, 0.2) is 11.7 Å². The number of alkyl halides is 3. The van der Waals surface area contributed by atoms with Crippen LogP contribution in [-0.2, 0) is 11.3 Å². The molecule has 1 fully saturated rings. The van der Waals surface area contributed by atoms with E-state index in [0.717, 1.165) is 24.2 Å². The second-order valence-electron chi connectivity index (χ2n) is 7.02. The van der Waals surface area contributed by atoms with Crippen molar-refractivity contribution >= 4 is 35.6 Å². The number of aliphatic imine (C=N–C) groups is 1. The average molecular weight is 551 g/mol. The molecular formula is C21H25F3IN3O3. The fraction of sp³-hybridized carbons (Fsp3) is 0.381. The zero-order valence-corrected chi connectivity index (χ0v) is 19.3. The highest BCUT2D eigenvalue weighted by Gasteiger charge is 2.32. The summed E-state index contributed by atoms with van der Waals surface area (Å²) in [6.45, 7) is 4.16. The fourth-order valence-corrected chi connectivity index (χ4v) is 2.98. The van der Waals surface area contributed by atoms with Crippen LogP contribution >= 0.6 is 24.0 Å². The van der Waals surface area contributed by atoms with Gasteiger partial charge in [-0.15, -0.1) is 37.1 Å². The molecule has 1 unspecified atom stereocenters. The van der Waals surface area contributed by atoms with Crippen LogP contribution in [0.1, 0.15) is 17.5 Å². The molecule has 0 radical (unpaired) electrons. The van der Waals surface area contributed by atoms with Crippen LogP contribution in [0.5, 0.6) is 11.5 Å². The number of rotatable bonds is 7. The standard InChI is InChI=1S/C21H24F3N3O3.HI/c1-14-6-7-16(19(10-14)29-13-15-8-9-28-12-15)11-26-20(25)27-17-4-2-3-5-18(17)30-21(22,23)24;/h2-7,10,15H,8-9,11-13H2,1H3,(H3,25,26,27);1H. The third-order valence-electron chi connectivity index (χ3n) is 4.52. The Kier molecular flexibility index (Phi) is 9.23. The molecule has 0 amide bonds. The van der Waals surface area contributed by atoms with Gasteiger partial charge in [0.05, 0.1) is 25.4 Å². The Morgan fingerprint density at radius 3 is 2.71 bits per heavy atom. The van der Waals surface area contributed by atoms with E-state index in [1.807, 2.05) is 25.1 Å². The number of anilines is 1. The molecule has 2 aromatic carbocycles. The predicted octanol–water partition coefficient (Wildman–Crippen LogP) is 4.85. The summed E-state index contributed by atoms with van der Waals surface area (Å²) in [7, 11) is 0. The molecule has 0 saturated carbocycles. The molecule has 10 heteroatoms. The summed E-state index contributed by atoms with van der Waals surface area (Å²) < 4.78 is 53.0. The van der Waals surface area contributed by atoms with Crippen molar-refractivity contribution in [3.05, 3.63) is 53.6 Å². The van der Waals surface area contributed by atoms with Gasteiger partial charge in [0, 0.05) is 18.1 Å². The SMILES string of the molecule is Cc1ccc(CN=C(N)Nc2ccccc2OC(F)(F)F)c(OCC2CCOC2)c1.I. The van der Waals surface area contributed by atoms with Crippen molar-refractivity contribution in [3.63, 3.8) is 0 Å². The van der Waals surface area contributed by atoms with Crippen LogP contribution < -0.4 is 20.5 Å². The van der Waals surface area contributed by atoms with Crippen LogP contribution in [0, 0.1) is 12.8 Å². The van der Waals surface area contributed by atoms with Crippen molar-refractivity contribution in [2.45, 2.75) is 26.3 Å². The number of aryl methyl sites for hydroxylation is 1. The monoisotopic (exact) mass is 551 g/mol. The maximum atomic E-state index is 12.6. The highest BCUT2D eigenvalue weighted by atomic mass is 127. The van der Waals surface area contributed by atoms with Crippen LogP contribution in [-0.4, -0.2) is 32.1 Å². The molecule has 1 aliphatic heterocycles. The number of nitrogens with two attached hydrogens (primary N) is 1. The first-order chi connectivity index (χ1) is 14.3. The third kappa shape index (κ3) is 8.09. The second-order valence-corrected chi connectivity index (χ2v) is 7.02. The summed E-state index contributed by atoms with van der Waals surface area (Å²) in [5, 5.41) is 2.66. The Morgan fingerprint density at radius 2 is 2.00 bits per heavy atom. The first-order valence-electron chi connectivity index (χ1n) is 9.52. The Morgan fingerprint density at radius 1 is 1.23 bits per heavy atom. The molecule has 0 spiro atoms. The van der Waals surface area contributed by atoms with Crippen LogP contribution in [0.4, 0.5) is 18.9 Å². The van der Waals surface area contributed by atoms with E-state index in [0.29, 0.717) is 24.9 Å².